The van der Waals surface area contributed by atoms with Gasteiger partial charge in [-0.15, -0.1) is 43.3 Å². The molecule has 1 saturated heterocycles. The van der Waals surface area contributed by atoms with E-state index in [4.69, 9.17) is 0 Å². The van der Waals surface area contributed by atoms with Crippen LogP contribution in [0.3, 0.4) is 0 Å². The van der Waals surface area contributed by atoms with Gasteiger partial charge in [-0.2, -0.15) is 0 Å². The van der Waals surface area contributed by atoms with Crippen LogP contribution in [0.25, 0.3) is 10.6 Å². The van der Waals surface area contributed by atoms with Gasteiger partial charge in [-0.25, -0.2) is 0 Å². The van der Waals surface area contributed by atoms with Crippen molar-refractivity contribution in [1.29, 1.82) is 0 Å². The summed E-state index contributed by atoms with van der Waals surface area (Å²) in [4.78, 5) is 9.19. The van der Waals surface area contributed by atoms with Gasteiger partial charge >= 0.3 is 50.4 Å². The number of hydrogen-bond donors (Lipinski definition) is 1. The number of aliphatic imine (C=N–C) groups is 2. The third kappa shape index (κ3) is 12.5. The van der Waals surface area contributed by atoms with Crippen LogP contribution < -0.4 is 0 Å². The van der Waals surface area contributed by atoms with E-state index in [0.717, 1.165) is 44.6 Å². The predicted molar refractivity (Wildman–Crippen MR) is 128 cm³/mol. The van der Waals surface area contributed by atoms with Gasteiger partial charge in [0, 0.05) is 37.4 Å². The summed E-state index contributed by atoms with van der Waals surface area (Å²) in [5, 5.41) is 19.8. The van der Waals surface area contributed by atoms with Gasteiger partial charge in [-0.3, -0.25) is 9.98 Å². The van der Waals surface area contributed by atoms with Gasteiger partial charge in [0.1, 0.15) is 0 Å². The van der Waals surface area contributed by atoms with Crippen LogP contribution in [0.4, 0.5) is 0 Å². The molecule has 1 aliphatic carbocycles. The maximum atomic E-state index is 10.8. The minimum absolute atomic E-state index is 0. The molecule has 31 heavy (non-hydrogen) atoms. The summed E-state index contributed by atoms with van der Waals surface area (Å²) in [6, 6.07) is 0.386. The molecule has 0 radical (unpaired) electrons. The topological polar surface area (TPSA) is 73.2 Å². The standard InChI is InChI=1S/C21H32N4O.3ClH.2Cu/c1-16-10-17(12-22-14-19-6-2-4-8-24-19)21(26)18(11-16)13-23-15-20-7-3-5-9-25-20;;;;;/h2,4,6,12-13,16-18,20-21,26H,3,5,7-11,14-15H2,1H3;3*1H;;/q-2;;;;2*+2/p-2. The van der Waals surface area contributed by atoms with Gasteiger partial charge in [-0.05, 0) is 18.8 Å². The van der Waals surface area contributed by atoms with E-state index in [1.165, 1.54) is 12.8 Å². The van der Waals surface area contributed by atoms with Crippen molar-refractivity contribution in [1.82, 2.24) is 0 Å². The Kier molecular flexibility index (Phi) is 20.2. The van der Waals surface area contributed by atoms with Crippen LogP contribution in [0.1, 0.15) is 39.0 Å². The van der Waals surface area contributed by atoms with Crippen LogP contribution in [0, 0.1) is 17.8 Å². The molecule has 0 spiro atoms. The van der Waals surface area contributed by atoms with Crippen molar-refractivity contribution in [3.8, 4) is 0 Å². The minimum atomic E-state index is -0.390. The molecule has 0 amide bonds. The van der Waals surface area contributed by atoms with Gasteiger partial charge < -0.3 is 15.7 Å². The fraction of sp³-hybridized carbons (Fsp3) is 0.714. The Labute approximate surface area is 218 Å². The van der Waals surface area contributed by atoms with E-state index in [1.54, 1.807) is 0 Å². The van der Waals surface area contributed by atoms with Crippen LogP contribution in [0.15, 0.2) is 33.9 Å². The normalized spacial score (nSPS) is 30.3. The fourth-order valence-corrected chi connectivity index (χ4v) is 4.09. The Hall–Kier alpha value is 0.449. The number of rotatable bonds is 6. The summed E-state index contributed by atoms with van der Waals surface area (Å²) in [6.07, 6.45) is 15.3. The third-order valence-corrected chi connectivity index (χ3v) is 5.55. The van der Waals surface area contributed by atoms with E-state index in [2.05, 4.69) is 77.9 Å². The molecular formula is C21H33Cl3Cu2N4O. The summed E-state index contributed by atoms with van der Waals surface area (Å²) in [5.41, 5.74) is 1.01. The summed E-state index contributed by atoms with van der Waals surface area (Å²) >= 11 is 7.32. The first-order valence-corrected chi connectivity index (χ1v) is 12.9. The van der Waals surface area contributed by atoms with Crippen molar-refractivity contribution < 1.29 is 35.3 Å². The number of nitrogens with zero attached hydrogens (tertiary/aromatic N) is 4. The molecule has 0 bridgehead atoms. The van der Waals surface area contributed by atoms with Crippen LogP contribution in [-0.2, 0) is 30.2 Å². The van der Waals surface area contributed by atoms with Crippen LogP contribution in [0.5, 0.6) is 0 Å². The summed E-state index contributed by atoms with van der Waals surface area (Å²) < 4.78 is 0. The van der Waals surface area contributed by atoms with E-state index in [9.17, 15) is 5.11 Å². The average molecular weight is 591 g/mol. The third-order valence-electron chi connectivity index (χ3n) is 5.55. The monoisotopic (exact) mass is 588 g/mol. The second kappa shape index (κ2) is 19.9. The fourth-order valence-electron chi connectivity index (χ4n) is 4.09. The van der Waals surface area contributed by atoms with E-state index >= 15 is 0 Å². The van der Waals surface area contributed by atoms with Gasteiger partial charge in [0.05, 0.1) is 6.10 Å². The Bertz CT molecular complexity index is 573. The van der Waals surface area contributed by atoms with Crippen molar-refractivity contribution in [2.24, 2.45) is 27.7 Å². The number of piperidine rings is 1. The summed E-state index contributed by atoms with van der Waals surface area (Å²) in [6.45, 7) is 5.37. The zero-order valence-corrected chi connectivity index (χ0v) is 21.9. The average Bonchev–Trinajstić information content (AvgIpc) is 2.81. The van der Waals surface area contributed by atoms with E-state index < -0.39 is 0 Å². The molecule has 5 nitrogen and oxygen atoms in total. The van der Waals surface area contributed by atoms with Gasteiger partial charge in [0.25, 0.3) is 0 Å². The van der Waals surface area contributed by atoms with Crippen molar-refractivity contribution in [2.75, 3.05) is 26.2 Å². The molecule has 3 aliphatic rings. The van der Waals surface area contributed by atoms with E-state index in [1.807, 2.05) is 30.7 Å². The first-order chi connectivity index (χ1) is 14.7. The Morgan fingerprint density at radius 3 is 2.39 bits per heavy atom. The molecule has 2 heterocycles. The predicted octanol–water partition coefficient (Wildman–Crippen LogP) is 5.70. The van der Waals surface area contributed by atoms with Crippen LogP contribution >= 0.6 is 32.6 Å². The molecule has 186 valence electrons. The Morgan fingerprint density at radius 2 is 1.81 bits per heavy atom. The molecule has 5 unspecified atom stereocenters. The molecule has 0 aromatic rings. The molecular weight excluding hydrogens is 558 g/mol. The molecule has 1 N–H and O–H groups in total. The molecule has 0 aromatic heterocycles. The number of aliphatic hydroxyl groups excluding tert-OH is 1. The second-order valence-electron chi connectivity index (χ2n) is 7.88. The first-order valence-electron chi connectivity index (χ1n) is 10.3. The second-order valence-corrected chi connectivity index (χ2v) is 7.88. The Balaban J connectivity index is 0.00000170. The van der Waals surface area contributed by atoms with Gasteiger partial charge in [-0.1, -0.05) is 38.3 Å². The summed E-state index contributed by atoms with van der Waals surface area (Å²) in [7, 11) is 8.40. The maximum absolute atomic E-state index is 10.8. The molecule has 5 atom stereocenters. The number of allylic oxidation sites excluding steroid dienone is 2. The molecule has 2 fully saturated rings. The van der Waals surface area contributed by atoms with E-state index in [-0.39, 0.29) is 30.3 Å². The number of aliphatic hydroxyl groups is 1. The van der Waals surface area contributed by atoms with Crippen LogP contribution in [-0.4, -0.2) is 55.9 Å². The zero-order chi connectivity index (χ0) is 22.2. The Morgan fingerprint density at radius 1 is 1.13 bits per heavy atom. The van der Waals surface area contributed by atoms with Crippen molar-refractivity contribution in [3.05, 3.63) is 34.6 Å². The van der Waals surface area contributed by atoms with Crippen LogP contribution in [0.2, 0.25) is 0 Å². The first kappa shape index (κ1) is 31.4. The van der Waals surface area contributed by atoms with Crippen molar-refractivity contribution in [3.63, 3.8) is 0 Å². The SMILES string of the molecule is CC1CC(C=NCC2=CC=CC[N-]2)C(O)C(C=NCC2CCCC[N-]2)C1.Cl.[Cl][Cu+].[Cl][Cu+]. The molecule has 3 rings (SSSR count). The van der Waals surface area contributed by atoms with Crippen molar-refractivity contribution >= 4 is 45.0 Å². The molecule has 0 aromatic carbocycles. The zero-order valence-electron chi connectivity index (χ0n) is 17.6. The summed E-state index contributed by atoms with van der Waals surface area (Å²) in [5.74, 6) is 0.807. The van der Waals surface area contributed by atoms with Crippen molar-refractivity contribution in [2.45, 2.75) is 51.2 Å². The molecule has 2 aliphatic heterocycles. The van der Waals surface area contributed by atoms with Gasteiger partial charge in [0.2, 0.25) is 0 Å². The molecule has 10 heteroatoms. The molecule has 1 saturated carbocycles. The quantitative estimate of drug-likeness (QED) is 0.313. The van der Waals surface area contributed by atoms with E-state index in [0.29, 0.717) is 18.5 Å². The van der Waals surface area contributed by atoms with Gasteiger partial charge in [0.15, 0.2) is 0 Å². The number of halogens is 3. The number of hydrogen-bond acceptors (Lipinski definition) is 3.